The number of amides is 1. The number of carbonyl (C=O) groups is 3. The summed E-state index contributed by atoms with van der Waals surface area (Å²) in [5.74, 6) is -2.42. The van der Waals surface area contributed by atoms with E-state index in [1.54, 1.807) is 13.8 Å². The van der Waals surface area contributed by atoms with Gasteiger partial charge in [0.2, 0.25) is 5.91 Å². The van der Waals surface area contributed by atoms with Gasteiger partial charge in [-0.25, -0.2) is 0 Å². The quantitative estimate of drug-likeness (QED) is 0.677. The van der Waals surface area contributed by atoms with Gasteiger partial charge in [0.05, 0.1) is 32.7 Å². The van der Waals surface area contributed by atoms with Crippen LogP contribution in [0, 0.1) is 11.8 Å². The van der Waals surface area contributed by atoms with Gasteiger partial charge in [-0.05, 0) is 12.8 Å². The molecule has 1 heterocycles. The number of nitrogens with zero attached hydrogens (tertiary/aromatic N) is 2. The van der Waals surface area contributed by atoms with E-state index in [0.717, 1.165) is 9.80 Å². The van der Waals surface area contributed by atoms with E-state index in [9.17, 15) is 27.6 Å². The van der Waals surface area contributed by atoms with Crippen molar-refractivity contribution in [1.82, 2.24) is 9.80 Å². The third-order valence-corrected chi connectivity index (χ3v) is 4.05. The Kier molecular flexibility index (Phi) is 6.76. The molecule has 1 rings (SSSR count). The summed E-state index contributed by atoms with van der Waals surface area (Å²) in [7, 11) is 1.20. The zero-order chi connectivity index (χ0) is 18.7. The van der Waals surface area contributed by atoms with E-state index in [1.165, 1.54) is 14.0 Å². The summed E-state index contributed by atoms with van der Waals surface area (Å²) in [6.45, 7) is 3.07. The van der Waals surface area contributed by atoms with Gasteiger partial charge in [-0.15, -0.1) is 0 Å². The Bertz CT molecular complexity index is 494. The minimum Gasteiger partial charge on any atom is -0.469 e. The van der Waals surface area contributed by atoms with Gasteiger partial charge in [0.1, 0.15) is 6.04 Å². The molecule has 138 valence electrons. The van der Waals surface area contributed by atoms with Crippen molar-refractivity contribution in [2.24, 2.45) is 11.8 Å². The number of Topliss-reactive ketones (excluding diaryl/α,β-unsaturated/α-hetero) is 1. The maximum absolute atomic E-state index is 12.7. The SMILES string of the molecule is COC(=O)C[C@H](C(=O)N1CN(CC(F)(F)F)C[C@H]1C(C)=O)C(C)C. The molecule has 0 N–H and O–H groups in total. The van der Waals surface area contributed by atoms with Crippen molar-refractivity contribution in [3.05, 3.63) is 0 Å². The lowest BCUT2D eigenvalue weighted by atomic mass is 9.90. The van der Waals surface area contributed by atoms with Crippen molar-refractivity contribution < 1.29 is 32.3 Å². The van der Waals surface area contributed by atoms with Crippen LogP contribution in [-0.2, 0) is 19.1 Å². The molecule has 0 bridgehead atoms. The van der Waals surface area contributed by atoms with Crippen LogP contribution in [0.25, 0.3) is 0 Å². The van der Waals surface area contributed by atoms with Gasteiger partial charge in [0, 0.05) is 6.54 Å². The molecule has 0 aromatic carbocycles. The Hall–Kier alpha value is -1.64. The summed E-state index contributed by atoms with van der Waals surface area (Å²) in [5.41, 5.74) is 0. The number of carbonyl (C=O) groups excluding carboxylic acids is 3. The molecule has 0 aromatic heterocycles. The molecule has 0 unspecified atom stereocenters. The lowest BCUT2D eigenvalue weighted by Gasteiger charge is -2.28. The zero-order valence-corrected chi connectivity index (χ0v) is 14.2. The van der Waals surface area contributed by atoms with Crippen LogP contribution in [-0.4, -0.2) is 66.5 Å². The molecule has 1 fully saturated rings. The molecule has 0 spiro atoms. The van der Waals surface area contributed by atoms with Gasteiger partial charge in [-0.2, -0.15) is 13.2 Å². The number of halogens is 3. The monoisotopic (exact) mass is 352 g/mol. The smallest absolute Gasteiger partial charge is 0.401 e. The van der Waals surface area contributed by atoms with E-state index in [1.807, 2.05) is 0 Å². The lowest BCUT2D eigenvalue weighted by Crippen LogP contribution is -2.45. The van der Waals surface area contributed by atoms with Crippen LogP contribution in [0.5, 0.6) is 0 Å². The van der Waals surface area contributed by atoms with E-state index < -0.39 is 36.6 Å². The Morgan fingerprint density at radius 1 is 1.25 bits per heavy atom. The van der Waals surface area contributed by atoms with E-state index in [4.69, 9.17) is 0 Å². The Morgan fingerprint density at radius 3 is 2.25 bits per heavy atom. The summed E-state index contributed by atoms with van der Waals surface area (Å²) in [4.78, 5) is 38.1. The highest BCUT2D eigenvalue weighted by atomic mass is 19.4. The Balaban J connectivity index is 2.95. The molecule has 0 aromatic rings. The van der Waals surface area contributed by atoms with Crippen LogP contribution in [0.2, 0.25) is 0 Å². The van der Waals surface area contributed by atoms with E-state index in [-0.39, 0.29) is 31.3 Å². The second-order valence-corrected chi connectivity index (χ2v) is 6.33. The van der Waals surface area contributed by atoms with Crippen molar-refractivity contribution in [3.63, 3.8) is 0 Å². The summed E-state index contributed by atoms with van der Waals surface area (Å²) in [5, 5.41) is 0. The van der Waals surface area contributed by atoms with Gasteiger partial charge < -0.3 is 9.64 Å². The predicted octanol–water partition coefficient (Wildman–Crippen LogP) is 1.44. The molecule has 1 aliphatic heterocycles. The maximum Gasteiger partial charge on any atom is 0.401 e. The number of hydrogen-bond acceptors (Lipinski definition) is 5. The van der Waals surface area contributed by atoms with Crippen LogP contribution in [0.15, 0.2) is 0 Å². The van der Waals surface area contributed by atoms with Crippen molar-refractivity contribution in [2.45, 2.75) is 39.4 Å². The van der Waals surface area contributed by atoms with E-state index in [0.29, 0.717) is 0 Å². The summed E-state index contributed by atoms with van der Waals surface area (Å²) < 4.78 is 42.3. The topological polar surface area (TPSA) is 66.9 Å². The van der Waals surface area contributed by atoms with Gasteiger partial charge >= 0.3 is 12.1 Å². The molecular weight excluding hydrogens is 329 g/mol. The molecule has 0 saturated carbocycles. The highest BCUT2D eigenvalue weighted by Crippen LogP contribution is 2.26. The average Bonchev–Trinajstić information content (AvgIpc) is 2.85. The number of ketones is 1. The summed E-state index contributed by atoms with van der Waals surface area (Å²) >= 11 is 0. The molecule has 2 atom stereocenters. The van der Waals surface area contributed by atoms with Crippen molar-refractivity contribution in [1.29, 1.82) is 0 Å². The van der Waals surface area contributed by atoms with Gasteiger partial charge in [-0.3, -0.25) is 19.3 Å². The fraction of sp³-hybridized carbons (Fsp3) is 0.800. The minimum absolute atomic E-state index is 0.163. The molecular formula is C15H23F3N2O4. The molecule has 6 nitrogen and oxygen atoms in total. The third-order valence-electron chi connectivity index (χ3n) is 4.05. The molecule has 0 radical (unpaired) electrons. The van der Waals surface area contributed by atoms with Gasteiger partial charge in [0.15, 0.2) is 5.78 Å². The molecule has 1 amide bonds. The fourth-order valence-corrected chi connectivity index (χ4v) is 2.74. The largest absolute Gasteiger partial charge is 0.469 e. The standard InChI is InChI=1S/C15H23F3N2O4/c1-9(2)11(5-13(22)24-4)14(23)20-8-19(7-15(16,17)18)6-12(20)10(3)21/h9,11-12H,5-8H2,1-4H3/t11-,12-/m0/s1. The zero-order valence-electron chi connectivity index (χ0n) is 14.2. The molecule has 24 heavy (non-hydrogen) atoms. The highest BCUT2D eigenvalue weighted by Gasteiger charge is 2.43. The second kappa shape index (κ2) is 7.96. The van der Waals surface area contributed by atoms with Crippen LogP contribution >= 0.6 is 0 Å². The van der Waals surface area contributed by atoms with Crippen molar-refractivity contribution in [2.75, 3.05) is 26.9 Å². The number of methoxy groups -OCH3 is 1. The first-order valence-corrected chi connectivity index (χ1v) is 7.63. The lowest BCUT2D eigenvalue weighted by molar-refractivity contribution is -0.151. The van der Waals surface area contributed by atoms with E-state index in [2.05, 4.69) is 4.74 Å². The number of hydrogen-bond donors (Lipinski definition) is 0. The van der Waals surface area contributed by atoms with Crippen LogP contribution in [0.1, 0.15) is 27.2 Å². The summed E-state index contributed by atoms with van der Waals surface area (Å²) in [6.07, 6.45) is -4.59. The number of ether oxygens (including phenoxy) is 1. The first-order valence-electron chi connectivity index (χ1n) is 7.63. The number of rotatable bonds is 6. The Morgan fingerprint density at radius 2 is 1.83 bits per heavy atom. The first kappa shape index (κ1) is 20.4. The fourth-order valence-electron chi connectivity index (χ4n) is 2.74. The number of esters is 1. The molecule has 9 heteroatoms. The van der Waals surface area contributed by atoms with Gasteiger partial charge in [-0.1, -0.05) is 13.8 Å². The second-order valence-electron chi connectivity index (χ2n) is 6.33. The van der Waals surface area contributed by atoms with Gasteiger partial charge in [0.25, 0.3) is 0 Å². The normalized spacial score (nSPS) is 20.3. The average molecular weight is 352 g/mol. The number of alkyl halides is 3. The highest BCUT2D eigenvalue weighted by molar-refractivity contribution is 5.90. The van der Waals surface area contributed by atoms with Crippen LogP contribution in [0.3, 0.4) is 0 Å². The predicted molar refractivity (Wildman–Crippen MR) is 78.8 cm³/mol. The minimum atomic E-state index is -4.41. The summed E-state index contributed by atoms with van der Waals surface area (Å²) in [6, 6.07) is -0.932. The van der Waals surface area contributed by atoms with E-state index >= 15 is 0 Å². The molecule has 0 aliphatic carbocycles. The van der Waals surface area contributed by atoms with Crippen molar-refractivity contribution >= 4 is 17.7 Å². The Labute approximate surface area is 138 Å². The molecule has 1 saturated heterocycles. The first-order chi connectivity index (χ1) is 11.0. The van der Waals surface area contributed by atoms with Crippen LogP contribution in [0.4, 0.5) is 13.2 Å². The van der Waals surface area contributed by atoms with Crippen LogP contribution < -0.4 is 0 Å². The third kappa shape index (κ3) is 5.47. The van der Waals surface area contributed by atoms with Crippen molar-refractivity contribution in [3.8, 4) is 0 Å². The maximum atomic E-state index is 12.7. The molecule has 1 aliphatic rings.